The second-order valence-electron chi connectivity index (χ2n) is 5.66. The van der Waals surface area contributed by atoms with E-state index >= 15 is 0 Å². The van der Waals surface area contributed by atoms with Gasteiger partial charge < -0.3 is 4.98 Å². The van der Waals surface area contributed by atoms with Gasteiger partial charge in [-0.1, -0.05) is 34.7 Å². The summed E-state index contributed by atoms with van der Waals surface area (Å²) in [7, 11) is 0. The van der Waals surface area contributed by atoms with Crippen LogP contribution in [-0.4, -0.2) is 19.6 Å². The van der Waals surface area contributed by atoms with E-state index in [0.717, 1.165) is 11.3 Å². The average Bonchev–Trinajstić information content (AvgIpc) is 2.90. The Hall–Kier alpha value is -1.13. The molecule has 0 fully saturated rings. The van der Waals surface area contributed by atoms with Crippen molar-refractivity contribution >= 4 is 5.78 Å². The SMILES string of the molecule is Cc1nc2ncnn2[c-]c1-c1c(C)c(C)c(C)c(C)c1C.[Y]. The molecule has 3 aromatic rings. The first kappa shape index (κ1) is 17.2. The Kier molecular flexibility index (Phi) is 4.83. The topological polar surface area (TPSA) is 43.1 Å². The zero-order chi connectivity index (χ0) is 15.3. The van der Waals surface area contributed by atoms with Crippen LogP contribution in [0.5, 0.6) is 0 Å². The van der Waals surface area contributed by atoms with Crippen LogP contribution in [0.3, 0.4) is 0 Å². The van der Waals surface area contributed by atoms with Gasteiger partial charge in [0, 0.05) is 32.7 Å². The molecule has 2 heterocycles. The first-order valence-corrected chi connectivity index (χ1v) is 7.08. The first-order chi connectivity index (χ1) is 9.91. The molecule has 0 saturated carbocycles. The molecule has 0 N–H and O–H groups in total. The van der Waals surface area contributed by atoms with Gasteiger partial charge in [0.25, 0.3) is 0 Å². The zero-order valence-electron chi connectivity index (χ0n) is 13.9. The van der Waals surface area contributed by atoms with Crippen molar-refractivity contribution in [3.05, 3.63) is 46.0 Å². The molecule has 0 unspecified atom stereocenters. The Morgan fingerprint density at radius 2 is 1.41 bits per heavy atom. The van der Waals surface area contributed by atoms with Crippen molar-refractivity contribution in [2.45, 2.75) is 41.5 Å². The van der Waals surface area contributed by atoms with Gasteiger partial charge in [0.05, 0.1) is 0 Å². The number of benzene rings is 1. The molecule has 0 aliphatic carbocycles. The van der Waals surface area contributed by atoms with E-state index in [1.807, 2.05) is 6.92 Å². The van der Waals surface area contributed by atoms with Gasteiger partial charge in [-0.25, -0.2) is 4.98 Å². The van der Waals surface area contributed by atoms with E-state index in [-0.39, 0.29) is 32.7 Å². The monoisotopic (exact) mass is 368 g/mol. The quantitative estimate of drug-likeness (QED) is 0.618. The van der Waals surface area contributed by atoms with Gasteiger partial charge in [-0.15, -0.1) is 5.56 Å². The number of rotatable bonds is 1. The molecule has 22 heavy (non-hydrogen) atoms. The van der Waals surface area contributed by atoms with E-state index in [1.165, 1.54) is 39.7 Å². The van der Waals surface area contributed by atoms with E-state index in [0.29, 0.717) is 5.78 Å². The van der Waals surface area contributed by atoms with E-state index in [2.05, 4.69) is 55.9 Å². The molecular formula is C17H19N4Y-. The van der Waals surface area contributed by atoms with Crippen LogP contribution in [0, 0.1) is 47.7 Å². The van der Waals surface area contributed by atoms with Gasteiger partial charge >= 0.3 is 0 Å². The van der Waals surface area contributed by atoms with Gasteiger partial charge in [0.15, 0.2) is 5.78 Å². The third-order valence-corrected chi connectivity index (χ3v) is 4.63. The Labute approximate surface area is 156 Å². The fourth-order valence-corrected chi connectivity index (χ4v) is 2.90. The summed E-state index contributed by atoms with van der Waals surface area (Å²) in [6.07, 6.45) is 4.83. The molecule has 0 saturated heterocycles. The minimum atomic E-state index is 0. The van der Waals surface area contributed by atoms with Crippen LogP contribution in [0.4, 0.5) is 0 Å². The number of hydrogen-bond donors (Lipinski definition) is 0. The minimum Gasteiger partial charge on any atom is -0.314 e. The first-order valence-electron chi connectivity index (χ1n) is 7.08. The summed E-state index contributed by atoms with van der Waals surface area (Å²) in [5, 5.41) is 4.16. The van der Waals surface area contributed by atoms with E-state index < -0.39 is 0 Å². The van der Waals surface area contributed by atoms with Crippen molar-refractivity contribution in [3.63, 3.8) is 0 Å². The second-order valence-corrected chi connectivity index (χ2v) is 5.66. The summed E-state index contributed by atoms with van der Waals surface area (Å²) in [5.41, 5.74) is 9.77. The van der Waals surface area contributed by atoms with Gasteiger partial charge in [0.1, 0.15) is 6.33 Å². The maximum atomic E-state index is 4.53. The number of aromatic nitrogens is 4. The van der Waals surface area contributed by atoms with Crippen LogP contribution in [0.2, 0.25) is 0 Å². The van der Waals surface area contributed by atoms with Crippen LogP contribution >= 0.6 is 0 Å². The van der Waals surface area contributed by atoms with Gasteiger partial charge in [-0.05, 0) is 52.1 Å². The molecule has 0 bridgehead atoms. The zero-order valence-corrected chi connectivity index (χ0v) is 16.8. The normalized spacial score (nSPS) is 10.8. The predicted octanol–water partition coefficient (Wildman–Crippen LogP) is 3.44. The Balaban J connectivity index is 0.00000176. The molecule has 4 nitrogen and oxygen atoms in total. The Morgan fingerprint density at radius 1 is 0.864 bits per heavy atom. The molecule has 3 rings (SSSR count). The molecule has 2 aromatic heterocycles. The predicted molar refractivity (Wildman–Crippen MR) is 83.5 cm³/mol. The van der Waals surface area contributed by atoms with E-state index in [4.69, 9.17) is 0 Å². The number of aryl methyl sites for hydroxylation is 1. The van der Waals surface area contributed by atoms with Crippen molar-refractivity contribution in [1.82, 2.24) is 19.6 Å². The summed E-state index contributed by atoms with van der Waals surface area (Å²) in [5.74, 6) is 0.590. The largest absolute Gasteiger partial charge is 0.314 e. The molecule has 0 spiro atoms. The smallest absolute Gasteiger partial charge is 0.166 e. The Morgan fingerprint density at radius 3 is 2.00 bits per heavy atom. The van der Waals surface area contributed by atoms with Crippen LogP contribution < -0.4 is 0 Å². The summed E-state index contributed by atoms with van der Waals surface area (Å²) in [4.78, 5) is 8.65. The van der Waals surface area contributed by atoms with Crippen LogP contribution in [-0.2, 0) is 32.7 Å². The second kappa shape index (κ2) is 6.17. The molecule has 1 aromatic carbocycles. The summed E-state index contributed by atoms with van der Waals surface area (Å²) in [6, 6.07) is 0. The number of hydrogen-bond acceptors (Lipinski definition) is 3. The summed E-state index contributed by atoms with van der Waals surface area (Å²) < 4.78 is 1.62. The van der Waals surface area contributed by atoms with Crippen molar-refractivity contribution in [3.8, 4) is 11.1 Å². The molecule has 111 valence electrons. The molecule has 5 heteroatoms. The van der Waals surface area contributed by atoms with Crippen molar-refractivity contribution < 1.29 is 32.7 Å². The third-order valence-electron chi connectivity index (χ3n) is 4.63. The molecule has 0 aliphatic rings. The van der Waals surface area contributed by atoms with Gasteiger partial charge in [-0.3, -0.25) is 4.52 Å². The molecule has 0 aliphatic heterocycles. The van der Waals surface area contributed by atoms with Crippen LogP contribution in [0.25, 0.3) is 16.9 Å². The molecular weight excluding hydrogens is 349 g/mol. The molecule has 1 radical (unpaired) electrons. The van der Waals surface area contributed by atoms with Crippen molar-refractivity contribution in [2.24, 2.45) is 0 Å². The van der Waals surface area contributed by atoms with Crippen molar-refractivity contribution in [2.75, 3.05) is 0 Å². The van der Waals surface area contributed by atoms with Crippen LogP contribution in [0.1, 0.15) is 33.5 Å². The van der Waals surface area contributed by atoms with Gasteiger partial charge in [0.2, 0.25) is 0 Å². The van der Waals surface area contributed by atoms with Gasteiger partial charge in [-0.2, -0.15) is 5.10 Å². The maximum absolute atomic E-state index is 4.53. The number of fused-ring (bicyclic) bond motifs is 1. The summed E-state index contributed by atoms with van der Waals surface area (Å²) >= 11 is 0. The minimum absolute atomic E-state index is 0. The van der Waals surface area contributed by atoms with E-state index in [1.54, 1.807) is 4.52 Å². The summed E-state index contributed by atoms with van der Waals surface area (Å²) in [6.45, 7) is 12.9. The Bertz CT molecular complexity index is 836. The molecule has 0 amide bonds. The fourth-order valence-electron chi connectivity index (χ4n) is 2.90. The van der Waals surface area contributed by atoms with E-state index in [9.17, 15) is 0 Å². The fraction of sp³-hybridized carbons (Fsp3) is 0.353. The standard InChI is InChI=1S/C17H19N4.Y/c1-9-10(2)12(4)16(13(5)11(9)3)15-7-21-17(18-8-19-21)20-14(15)6;/h8H,1-6H3;/q-1;. The van der Waals surface area contributed by atoms with Crippen molar-refractivity contribution in [1.29, 1.82) is 0 Å². The average molecular weight is 368 g/mol. The third kappa shape index (κ3) is 2.52. The maximum Gasteiger partial charge on any atom is 0.166 e. The number of nitrogens with zero attached hydrogens (tertiary/aromatic N) is 4. The van der Waals surface area contributed by atoms with Crippen LogP contribution in [0.15, 0.2) is 6.33 Å². The molecule has 0 atom stereocenters.